The van der Waals surface area contributed by atoms with Gasteiger partial charge in [-0.1, -0.05) is 12.1 Å². The fourth-order valence-corrected chi connectivity index (χ4v) is 2.34. The van der Waals surface area contributed by atoms with Gasteiger partial charge >= 0.3 is 5.51 Å². The van der Waals surface area contributed by atoms with Crippen molar-refractivity contribution in [1.82, 2.24) is 5.32 Å². The van der Waals surface area contributed by atoms with Crippen LogP contribution in [0.1, 0.15) is 10.4 Å². The third kappa shape index (κ3) is 5.77. The highest BCUT2D eigenvalue weighted by molar-refractivity contribution is 8.00. The van der Waals surface area contributed by atoms with Gasteiger partial charge in [-0.2, -0.15) is 13.2 Å². The predicted molar refractivity (Wildman–Crippen MR) is 82.6 cm³/mol. The Morgan fingerprint density at radius 1 is 1.08 bits per heavy atom. The molecule has 0 radical (unpaired) electrons. The summed E-state index contributed by atoms with van der Waals surface area (Å²) in [5.74, 6) is -0.863. The quantitative estimate of drug-likeness (QED) is 0.476. The van der Waals surface area contributed by atoms with Crippen LogP contribution in [0.5, 0.6) is 5.75 Å². The molecule has 1 amide bonds. The molecule has 2 aromatic rings. The first-order valence-corrected chi connectivity index (χ1v) is 7.68. The molecule has 24 heavy (non-hydrogen) atoms. The summed E-state index contributed by atoms with van der Waals surface area (Å²) in [7, 11) is 0. The number of para-hydroxylation sites is 1. The van der Waals surface area contributed by atoms with Crippen LogP contribution in [-0.2, 0) is 0 Å². The monoisotopic (exact) mass is 359 g/mol. The van der Waals surface area contributed by atoms with Crippen molar-refractivity contribution in [3.05, 3.63) is 59.9 Å². The Morgan fingerprint density at radius 3 is 2.38 bits per heavy atom. The van der Waals surface area contributed by atoms with Gasteiger partial charge in [-0.15, -0.1) is 0 Å². The Morgan fingerprint density at radius 2 is 1.75 bits per heavy atom. The highest BCUT2D eigenvalue weighted by Gasteiger charge is 2.29. The highest BCUT2D eigenvalue weighted by atomic mass is 32.2. The lowest BCUT2D eigenvalue weighted by molar-refractivity contribution is -0.0328. The minimum Gasteiger partial charge on any atom is -0.489 e. The van der Waals surface area contributed by atoms with Crippen molar-refractivity contribution in [1.29, 1.82) is 0 Å². The Bertz CT molecular complexity index is 689. The molecule has 3 nitrogen and oxygen atoms in total. The van der Waals surface area contributed by atoms with E-state index in [1.165, 1.54) is 42.5 Å². The van der Waals surface area contributed by atoms with Crippen LogP contribution in [0.15, 0.2) is 53.4 Å². The maximum atomic E-state index is 13.3. The van der Waals surface area contributed by atoms with Crippen LogP contribution in [0.3, 0.4) is 0 Å². The molecule has 2 rings (SSSR count). The lowest BCUT2D eigenvalue weighted by Gasteiger charge is -2.09. The van der Waals surface area contributed by atoms with E-state index in [1.807, 2.05) is 0 Å². The number of benzene rings is 2. The van der Waals surface area contributed by atoms with Gasteiger partial charge in [0.25, 0.3) is 5.91 Å². The number of carbonyl (C=O) groups is 1. The van der Waals surface area contributed by atoms with E-state index in [4.69, 9.17) is 4.74 Å². The number of ether oxygens (including phenoxy) is 1. The van der Waals surface area contributed by atoms with E-state index in [1.54, 1.807) is 6.07 Å². The molecular weight excluding hydrogens is 346 g/mol. The molecule has 0 aliphatic rings. The van der Waals surface area contributed by atoms with Gasteiger partial charge < -0.3 is 10.1 Å². The molecule has 0 spiro atoms. The molecule has 1 N–H and O–H groups in total. The zero-order valence-corrected chi connectivity index (χ0v) is 13.1. The van der Waals surface area contributed by atoms with Gasteiger partial charge in [-0.3, -0.25) is 4.79 Å². The molecule has 2 aromatic carbocycles. The summed E-state index contributed by atoms with van der Waals surface area (Å²) in [4.78, 5) is 11.9. The topological polar surface area (TPSA) is 38.3 Å². The summed E-state index contributed by atoms with van der Waals surface area (Å²) in [6.07, 6.45) is 0. The Kier molecular flexibility index (Phi) is 6.08. The molecular formula is C16H13F4NO2S. The maximum absolute atomic E-state index is 13.3. The molecule has 8 heteroatoms. The first-order chi connectivity index (χ1) is 11.3. The number of hydrogen-bond donors (Lipinski definition) is 1. The molecule has 0 saturated carbocycles. The van der Waals surface area contributed by atoms with Gasteiger partial charge in [0.1, 0.15) is 6.61 Å². The number of alkyl halides is 3. The Balaban J connectivity index is 1.79. The highest BCUT2D eigenvalue weighted by Crippen LogP contribution is 2.36. The molecule has 0 saturated heterocycles. The van der Waals surface area contributed by atoms with Crippen molar-refractivity contribution < 1.29 is 27.1 Å². The molecule has 0 bridgehead atoms. The number of amides is 1. The zero-order valence-electron chi connectivity index (χ0n) is 12.3. The number of hydrogen-bond acceptors (Lipinski definition) is 3. The molecule has 0 aromatic heterocycles. The van der Waals surface area contributed by atoms with Gasteiger partial charge in [0.05, 0.1) is 6.54 Å². The number of rotatable bonds is 6. The van der Waals surface area contributed by atoms with Crippen LogP contribution in [-0.4, -0.2) is 24.6 Å². The fourth-order valence-electron chi connectivity index (χ4n) is 1.80. The number of thioether (sulfide) groups is 1. The first kappa shape index (κ1) is 18.1. The van der Waals surface area contributed by atoms with E-state index in [0.717, 1.165) is 0 Å². The molecule has 0 aliphatic carbocycles. The summed E-state index contributed by atoms with van der Waals surface area (Å²) in [6.45, 7) is 0.195. The smallest absolute Gasteiger partial charge is 0.446 e. The summed E-state index contributed by atoms with van der Waals surface area (Å²) in [5, 5.41) is 2.54. The van der Waals surface area contributed by atoms with Crippen molar-refractivity contribution in [3.63, 3.8) is 0 Å². The van der Waals surface area contributed by atoms with Crippen LogP contribution < -0.4 is 10.1 Å². The normalized spacial score (nSPS) is 11.2. The standard InChI is InChI=1S/C16H13F4NO2S/c17-13-3-1-2-4-14(13)23-10-9-21-15(22)11-5-7-12(8-6-11)24-16(18,19)20/h1-8H,9-10H2,(H,21,22). The lowest BCUT2D eigenvalue weighted by atomic mass is 10.2. The van der Waals surface area contributed by atoms with Crippen LogP contribution in [0.4, 0.5) is 17.6 Å². The first-order valence-electron chi connectivity index (χ1n) is 6.86. The van der Waals surface area contributed by atoms with Crippen molar-refractivity contribution in [3.8, 4) is 5.75 Å². The molecule has 128 valence electrons. The van der Waals surface area contributed by atoms with Crippen molar-refractivity contribution in [2.45, 2.75) is 10.4 Å². The van der Waals surface area contributed by atoms with E-state index in [9.17, 15) is 22.4 Å². The predicted octanol–water partition coefficient (Wildman–Crippen LogP) is 4.25. The van der Waals surface area contributed by atoms with Crippen LogP contribution in [0.25, 0.3) is 0 Å². The largest absolute Gasteiger partial charge is 0.489 e. The molecule has 0 fully saturated rings. The van der Waals surface area contributed by atoms with Crippen molar-refractivity contribution in [2.24, 2.45) is 0 Å². The fraction of sp³-hybridized carbons (Fsp3) is 0.188. The molecule has 0 heterocycles. The minimum absolute atomic E-state index is 0.00179. The van der Waals surface area contributed by atoms with Gasteiger partial charge in [0.15, 0.2) is 11.6 Å². The van der Waals surface area contributed by atoms with E-state index < -0.39 is 17.2 Å². The summed E-state index contributed by atoms with van der Waals surface area (Å²) >= 11 is -0.246. The molecule has 0 atom stereocenters. The van der Waals surface area contributed by atoms with Crippen LogP contribution in [0.2, 0.25) is 0 Å². The van der Waals surface area contributed by atoms with Crippen LogP contribution in [0, 0.1) is 5.82 Å². The second kappa shape index (κ2) is 8.05. The SMILES string of the molecule is O=C(NCCOc1ccccc1F)c1ccc(SC(F)(F)F)cc1. The molecule has 0 aliphatic heterocycles. The number of carbonyl (C=O) groups excluding carboxylic acids is 1. The van der Waals surface area contributed by atoms with E-state index in [-0.39, 0.29) is 41.1 Å². The van der Waals surface area contributed by atoms with Crippen molar-refractivity contribution >= 4 is 17.7 Å². The Hall–Kier alpha value is -2.22. The lowest BCUT2D eigenvalue weighted by Crippen LogP contribution is -2.28. The number of nitrogens with one attached hydrogen (secondary N) is 1. The summed E-state index contributed by atoms with van der Waals surface area (Å²) in [5.41, 5.74) is -4.14. The van der Waals surface area contributed by atoms with Gasteiger partial charge in [0, 0.05) is 10.5 Å². The van der Waals surface area contributed by atoms with Gasteiger partial charge in [-0.25, -0.2) is 4.39 Å². The van der Waals surface area contributed by atoms with Gasteiger partial charge in [-0.05, 0) is 48.2 Å². The third-order valence-corrected chi connectivity index (χ3v) is 3.57. The van der Waals surface area contributed by atoms with E-state index in [2.05, 4.69) is 5.32 Å². The third-order valence-electron chi connectivity index (χ3n) is 2.83. The number of halogens is 4. The Labute approximate surface area is 140 Å². The summed E-state index contributed by atoms with van der Waals surface area (Å²) in [6, 6.07) is 10.9. The van der Waals surface area contributed by atoms with Crippen molar-refractivity contribution in [2.75, 3.05) is 13.2 Å². The summed E-state index contributed by atoms with van der Waals surface area (Å²) < 4.78 is 55.1. The van der Waals surface area contributed by atoms with E-state index in [0.29, 0.717) is 0 Å². The average molecular weight is 359 g/mol. The zero-order chi connectivity index (χ0) is 17.6. The minimum atomic E-state index is -4.37. The second-order valence-electron chi connectivity index (χ2n) is 4.61. The maximum Gasteiger partial charge on any atom is 0.446 e. The van der Waals surface area contributed by atoms with E-state index >= 15 is 0 Å². The van der Waals surface area contributed by atoms with Crippen LogP contribution >= 0.6 is 11.8 Å². The average Bonchev–Trinajstić information content (AvgIpc) is 2.52. The second-order valence-corrected chi connectivity index (χ2v) is 5.75. The van der Waals surface area contributed by atoms with Gasteiger partial charge in [0.2, 0.25) is 0 Å². The molecule has 0 unspecified atom stereocenters.